The van der Waals surface area contributed by atoms with Crippen molar-refractivity contribution in [3.05, 3.63) is 135 Å². The van der Waals surface area contributed by atoms with Crippen LogP contribution in [0.2, 0.25) is 0 Å². The number of nitro groups is 1. The van der Waals surface area contributed by atoms with E-state index in [9.17, 15) is 28.1 Å². The molecule has 4 rings (SSSR count). The molecule has 0 aliphatic carbocycles. The molecule has 240 valence electrons. The Morgan fingerprint density at radius 1 is 0.870 bits per heavy atom. The number of sulfonamides is 1. The molecule has 0 saturated heterocycles. The Morgan fingerprint density at radius 3 is 2.02 bits per heavy atom. The summed E-state index contributed by atoms with van der Waals surface area (Å²) < 4.78 is 29.8. The monoisotopic (exact) mass is 706 g/mol. The third kappa shape index (κ3) is 8.79. The highest BCUT2D eigenvalue weighted by Crippen LogP contribution is 2.27. The van der Waals surface area contributed by atoms with E-state index in [1.807, 2.05) is 68.4 Å². The summed E-state index contributed by atoms with van der Waals surface area (Å²) in [7, 11) is -4.31. The lowest BCUT2D eigenvalue weighted by molar-refractivity contribution is -0.384. The van der Waals surface area contributed by atoms with Gasteiger partial charge in [-0.15, -0.1) is 0 Å². The number of hydrogen-bond donors (Lipinski definition) is 1. The number of non-ortho nitro benzene ring substituents is 1. The predicted molar refractivity (Wildman–Crippen MR) is 181 cm³/mol. The summed E-state index contributed by atoms with van der Waals surface area (Å²) in [5.74, 6) is -0.988. The van der Waals surface area contributed by atoms with Crippen molar-refractivity contribution in [2.24, 2.45) is 0 Å². The Balaban J connectivity index is 1.81. The van der Waals surface area contributed by atoms with E-state index in [4.69, 9.17) is 0 Å². The lowest BCUT2D eigenvalue weighted by Gasteiger charge is -2.34. The van der Waals surface area contributed by atoms with Gasteiger partial charge in [0.2, 0.25) is 11.8 Å². The summed E-state index contributed by atoms with van der Waals surface area (Å²) in [5, 5.41) is 14.3. The highest BCUT2D eigenvalue weighted by molar-refractivity contribution is 9.10. The van der Waals surface area contributed by atoms with Crippen LogP contribution >= 0.6 is 15.9 Å². The van der Waals surface area contributed by atoms with Crippen LogP contribution in [-0.4, -0.2) is 48.7 Å². The zero-order chi connectivity index (χ0) is 33.3. The van der Waals surface area contributed by atoms with Gasteiger partial charge in [-0.3, -0.25) is 24.0 Å². The van der Waals surface area contributed by atoms with E-state index in [1.165, 1.54) is 41.3 Å². The molecule has 0 heterocycles. The van der Waals surface area contributed by atoms with Crippen molar-refractivity contribution in [2.75, 3.05) is 10.8 Å². The normalized spacial score (nSPS) is 12.5. The Labute approximate surface area is 277 Å². The van der Waals surface area contributed by atoms with E-state index in [0.717, 1.165) is 19.9 Å². The number of amides is 2. The topological polar surface area (TPSA) is 130 Å². The van der Waals surface area contributed by atoms with Crippen molar-refractivity contribution in [1.29, 1.82) is 0 Å². The molecule has 2 atom stereocenters. The Kier molecular flexibility index (Phi) is 11.7. The fourth-order valence-corrected chi connectivity index (χ4v) is 6.47. The molecule has 4 aromatic rings. The number of hydrogen-bond acceptors (Lipinski definition) is 6. The number of halogens is 1. The van der Waals surface area contributed by atoms with Crippen molar-refractivity contribution in [2.45, 2.75) is 50.2 Å². The molecule has 0 spiro atoms. The van der Waals surface area contributed by atoms with E-state index < -0.39 is 33.4 Å². The third-order valence-electron chi connectivity index (χ3n) is 7.50. The van der Waals surface area contributed by atoms with Gasteiger partial charge in [0.05, 0.1) is 15.5 Å². The molecular formula is C34H35BrN4O6S. The number of carbonyl (C=O) groups excluding carboxylic acids is 2. The number of rotatable bonds is 14. The summed E-state index contributed by atoms with van der Waals surface area (Å²) in [6, 6.07) is 28.0. The van der Waals surface area contributed by atoms with Gasteiger partial charge >= 0.3 is 0 Å². The number of nitrogens with zero attached hydrogens (tertiary/aromatic N) is 3. The van der Waals surface area contributed by atoms with Crippen LogP contribution in [0.3, 0.4) is 0 Å². The molecular weight excluding hydrogens is 672 g/mol. The maximum absolute atomic E-state index is 14.5. The molecule has 4 aromatic carbocycles. The molecule has 2 amide bonds. The predicted octanol–water partition coefficient (Wildman–Crippen LogP) is 6.11. The quantitative estimate of drug-likeness (QED) is 0.124. The molecule has 0 fully saturated rings. The van der Waals surface area contributed by atoms with Gasteiger partial charge in [0.25, 0.3) is 15.7 Å². The zero-order valence-electron chi connectivity index (χ0n) is 25.5. The van der Waals surface area contributed by atoms with E-state index in [-0.39, 0.29) is 41.2 Å². The molecule has 0 saturated carbocycles. The maximum Gasteiger partial charge on any atom is 0.269 e. The second kappa shape index (κ2) is 15.6. The fraction of sp³-hybridized carbons (Fsp3) is 0.235. The van der Waals surface area contributed by atoms with Gasteiger partial charge in [0, 0.05) is 35.6 Å². The van der Waals surface area contributed by atoms with Gasteiger partial charge in [0.15, 0.2) is 0 Å². The van der Waals surface area contributed by atoms with Gasteiger partial charge in [-0.2, -0.15) is 0 Å². The smallest absolute Gasteiger partial charge is 0.269 e. The van der Waals surface area contributed by atoms with Gasteiger partial charge in [-0.1, -0.05) is 83.5 Å². The third-order valence-corrected chi connectivity index (χ3v) is 9.81. The van der Waals surface area contributed by atoms with Gasteiger partial charge in [-0.25, -0.2) is 8.42 Å². The zero-order valence-corrected chi connectivity index (χ0v) is 27.9. The SMILES string of the molecule is CC[C@@H](C)NC(=O)[C@H](Cc1ccccc1)N(Cc1ccc(Br)cc1)C(=O)CN(c1ccc([N+](=O)[O-])cc1)S(=O)(=O)c1ccccc1. The van der Waals surface area contributed by atoms with Crippen molar-refractivity contribution < 1.29 is 22.9 Å². The Bertz CT molecular complexity index is 1740. The summed E-state index contributed by atoms with van der Waals surface area (Å²) in [4.78, 5) is 40.4. The van der Waals surface area contributed by atoms with Gasteiger partial charge < -0.3 is 10.2 Å². The Morgan fingerprint density at radius 2 is 1.46 bits per heavy atom. The number of nitro benzene ring substituents is 1. The highest BCUT2D eigenvalue weighted by Gasteiger charge is 2.35. The molecule has 0 aromatic heterocycles. The van der Waals surface area contributed by atoms with Crippen molar-refractivity contribution in [3.63, 3.8) is 0 Å². The largest absolute Gasteiger partial charge is 0.352 e. The minimum Gasteiger partial charge on any atom is -0.352 e. The molecule has 10 nitrogen and oxygen atoms in total. The summed E-state index contributed by atoms with van der Waals surface area (Å²) in [6.07, 6.45) is 0.863. The minimum atomic E-state index is -4.31. The molecule has 0 bridgehead atoms. The number of carbonyl (C=O) groups is 2. The number of nitrogens with one attached hydrogen (secondary N) is 1. The van der Waals surface area contributed by atoms with E-state index in [0.29, 0.717) is 6.42 Å². The van der Waals surface area contributed by atoms with Crippen LogP contribution in [0.4, 0.5) is 11.4 Å². The second-order valence-corrected chi connectivity index (χ2v) is 13.5. The average molecular weight is 708 g/mol. The van der Waals surface area contributed by atoms with Crippen LogP contribution in [0.25, 0.3) is 0 Å². The minimum absolute atomic E-state index is 0.0248. The first-order valence-corrected chi connectivity index (χ1v) is 16.9. The van der Waals surface area contributed by atoms with Crippen LogP contribution in [-0.2, 0) is 32.6 Å². The first-order chi connectivity index (χ1) is 22.0. The fourth-order valence-electron chi connectivity index (χ4n) is 4.77. The molecule has 1 N–H and O–H groups in total. The molecule has 0 aliphatic rings. The first-order valence-electron chi connectivity index (χ1n) is 14.7. The van der Waals surface area contributed by atoms with E-state index in [1.54, 1.807) is 18.2 Å². The second-order valence-electron chi connectivity index (χ2n) is 10.8. The van der Waals surface area contributed by atoms with Crippen LogP contribution in [0, 0.1) is 10.1 Å². The molecule has 12 heteroatoms. The van der Waals surface area contributed by atoms with Crippen molar-refractivity contribution in [1.82, 2.24) is 10.2 Å². The van der Waals surface area contributed by atoms with Crippen LogP contribution in [0.5, 0.6) is 0 Å². The summed E-state index contributed by atoms with van der Waals surface area (Å²) >= 11 is 3.43. The lowest BCUT2D eigenvalue weighted by atomic mass is 10.0. The molecule has 0 unspecified atom stereocenters. The van der Waals surface area contributed by atoms with Gasteiger partial charge in [0.1, 0.15) is 12.6 Å². The Hall–Kier alpha value is -4.55. The van der Waals surface area contributed by atoms with Crippen molar-refractivity contribution >= 4 is 49.1 Å². The van der Waals surface area contributed by atoms with Crippen molar-refractivity contribution in [3.8, 4) is 0 Å². The van der Waals surface area contributed by atoms with Crippen LogP contribution in [0.15, 0.2) is 119 Å². The van der Waals surface area contributed by atoms with Gasteiger partial charge in [-0.05, 0) is 60.9 Å². The number of anilines is 1. The lowest BCUT2D eigenvalue weighted by Crippen LogP contribution is -2.54. The standard InChI is InChI=1S/C34H35BrN4O6S/c1-3-25(2)36-34(41)32(22-26-10-6-4-7-11-26)37(23-27-14-16-28(35)17-15-27)33(40)24-38(29-18-20-30(21-19-29)39(42)43)46(44,45)31-12-8-5-9-13-31/h4-21,25,32H,3,22-24H2,1-2H3,(H,36,41)/t25-,32+/m1/s1. The first kappa shape index (κ1) is 34.3. The van der Waals surface area contributed by atoms with Crippen LogP contribution < -0.4 is 9.62 Å². The van der Waals surface area contributed by atoms with E-state index >= 15 is 0 Å². The van der Waals surface area contributed by atoms with E-state index in [2.05, 4.69) is 21.2 Å². The summed E-state index contributed by atoms with van der Waals surface area (Å²) in [6.45, 7) is 3.18. The maximum atomic E-state index is 14.5. The summed E-state index contributed by atoms with van der Waals surface area (Å²) in [5.41, 5.74) is 1.40. The molecule has 0 aliphatic heterocycles. The van der Waals surface area contributed by atoms with Crippen LogP contribution in [0.1, 0.15) is 31.4 Å². The molecule has 46 heavy (non-hydrogen) atoms. The average Bonchev–Trinajstić information content (AvgIpc) is 3.06. The highest BCUT2D eigenvalue weighted by atomic mass is 79.9. The molecule has 0 radical (unpaired) electrons. The number of benzene rings is 4.